The van der Waals surface area contributed by atoms with Crippen molar-refractivity contribution in [3.05, 3.63) is 72.8 Å². The number of carbonyl (C=O) groups is 2. The maximum atomic E-state index is 11.9. The normalized spacial score (nSPS) is 11.4. The van der Waals surface area contributed by atoms with Gasteiger partial charge in [0.05, 0.1) is 0 Å². The van der Waals surface area contributed by atoms with Gasteiger partial charge in [-0.25, -0.2) is 19.6 Å². The highest BCUT2D eigenvalue weighted by Crippen LogP contribution is 2.09. The third-order valence-corrected chi connectivity index (χ3v) is 4.05. The fourth-order valence-corrected chi connectivity index (χ4v) is 2.52. The van der Waals surface area contributed by atoms with E-state index in [1.165, 1.54) is 0 Å². The number of carboxylic acids is 1. The van der Waals surface area contributed by atoms with Crippen LogP contribution in [-0.2, 0) is 22.7 Å². The zero-order chi connectivity index (χ0) is 20.5. The van der Waals surface area contributed by atoms with Gasteiger partial charge in [0.1, 0.15) is 18.8 Å². The Hall–Kier alpha value is -3.88. The third kappa shape index (κ3) is 6.06. The largest absolute Gasteiger partial charge is 0.480 e. The Labute approximate surface area is 167 Å². The van der Waals surface area contributed by atoms with Crippen LogP contribution < -0.4 is 10.00 Å². The van der Waals surface area contributed by atoms with E-state index in [0.717, 1.165) is 11.1 Å². The smallest absolute Gasteiger partial charge is 0.408 e. The summed E-state index contributed by atoms with van der Waals surface area (Å²) >= 11 is 0. The molecule has 2 heterocycles. The zero-order valence-corrected chi connectivity index (χ0v) is 15.5. The molecule has 1 atom stereocenters. The van der Waals surface area contributed by atoms with Gasteiger partial charge in [-0.3, -0.25) is 0 Å². The highest BCUT2D eigenvalue weighted by Gasteiger charge is 2.23. The van der Waals surface area contributed by atoms with Crippen LogP contribution in [0.5, 0.6) is 0 Å². The number of hydrogen-bond donors (Lipinski definition) is 2. The molecule has 2 N–H and O–H groups in total. The molecule has 0 fully saturated rings. The molecule has 0 spiro atoms. The number of amides is 1. The summed E-state index contributed by atoms with van der Waals surface area (Å²) in [5, 5.41) is 16.0. The number of nitrogens with zero attached hydrogens (tertiary/aromatic N) is 4. The summed E-state index contributed by atoms with van der Waals surface area (Å²) in [6.45, 7) is 0.365. The second-order valence-electron chi connectivity index (χ2n) is 6.14. The molecule has 1 amide bonds. The van der Waals surface area contributed by atoms with Crippen LogP contribution in [0, 0.1) is 0 Å². The van der Waals surface area contributed by atoms with E-state index in [2.05, 4.69) is 20.4 Å². The van der Waals surface area contributed by atoms with Crippen molar-refractivity contribution in [2.45, 2.75) is 25.6 Å². The monoisotopic (exact) mass is 394 g/mol. The van der Waals surface area contributed by atoms with Gasteiger partial charge in [0.2, 0.25) is 0 Å². The van der Waals surface area contributed by atoms with Gasteiger partial charge in [-0.15, -0.1) is 0 Å². The zero-order valence-electron chi connectivity index (χ0n) is 15.5. The first-order chi connectivity index (χ1) is 14.1. The van der Waals surface area contributed by atoms with E-state index in [9.17, 15) is 14.7 Å². The van der Waals surface area contributed by atoms with Gasteiger partial charge in [0, 0.05) is 30.4 Å². The summed E-state index contributed by atoms with van der Waals surface area (Å²) in [6, 6.07) is 11.6. The summed E-state index contributed by atoms with van der Waals surface area (Å²) in [7, 11) is 0. The lowest BCUT2D eigenvalue weighted by Gasteiger charge is -2.13. The molecule has 1 unspecified atom stereocenters. The molecule has 0 aliphatic carbocycles. The Balaban J connectivity index is 1.51. The molecular formula is C20H20N5O4+. The summed E-state index contributed by atoms with van der Waals surface area (Å²) < 4.78 is 6.66. The van der Waals surface area contributed by atoms with E-state index in [1.807, 2.05) is 30.3 Å². The number of aliphatic carboxylic acids is 1. The van der Waals surface area contributed by atoms with E-state index in [4.69, 9.17) is 4.74 Å². The lowest BCUT2D eigenvalue weighted by atomic mass is 10.2. The van der Waals surface area contributed by atoms with Crippen LogP contribution in [0.15, 0.2) is 67.3 Å². The molecule has 0 aliphatic heterocycles. The van der Waals surface area contributed by atoms with E-state index >= 15 is 0 Å². The van der Waals surface area contributed by atoms with Crippen molar-refractivity contribution in [2.75, 3.05) is 0 Å². The number of alkyl carbamates (subject to hydrolysis) is 1. The molecule has 9 nitrogen and oxygen atoms in total. The molecule has 0 bridgehead atoms. The highest BCUT2D eigenvalue weighted by molar-refractivity contribution is 5.79. The Kier molecular flexibility index (Phi) is 6.77. The third-order valence-electron chi connectivity index (χ3n) is 4.05. The first-order valence-corrected chi connectivity index (χ1v) is 8.95. The Morgan fingerprint density at radius 3 is 2.52 bits per heavy atom. The SMILES string of the molecule is O=C(NC(CC[n+]1ccc(-c2ncccn2)cn1)C(=O)O)OCc1ccccc1. The van der Waals surface area contributed by atoms with Crippen molar-refractivity contribution in [3.63, 3.8) is 0 Å². The van der Waals surface area contributed by atoms with Crippen molar-refractivity contribution in [2.24, 2.45) is 0 Å². The maximum absolute atomic E-state index is 11.9. The number of aromatic nitrogens is 4. The highest BCUT2D eigenvalue weighted by atomic mass is 16.5. The fraction of sp³-hybridized carbons (Fsp3) is 0.200. The summed E-state index contributed by atoms with van der Waals surface area (Å²) in [4.78, 5) is 31.7. The second kappa shape index (κ2) is 9.88. The van der Waals surface area contributed by atoms with E-state index < -0.39 is 18.1 Å². The molecular weight excluding hydrogens is 374 g/mol. The van der Waals surface area contributed by atoms with Crippen LogP contribution in [0.4, 0.5) is 4.79 Å². The molecule has 0 radical (unpaired) electrons. The standard InChI is InChI=1S/C20H19N5O4/c26-19(27)17(24-20(28)29-14-15-5-2-1-3-6-15)8-12-25-11-7-16(13-23-25)18-21-9-4-10-22-18/h1-7,9-11,13,17H,8,12,14H2,(H-,24,26,27,28)/p+1. The number of benzene rings is 1. The van der Waals surface area contributed by atoms with E-state index in [0.29, 0.717) is 12.4 Å². The van der Waals surface area contributed by atoms with E-state index in [1.54, 1.807) is 41.6 Å². The number of ether oxygens (including phenoxy) is 1. The van der Waals surface area contributed by atoms with Crippen molar-refractivity contribution < 1.29 is 24.1 Å². The average molecular weight is 394 g/mol. The molecule has 0 aliphatic rings. The topological polar surface area (TPSA) is 118 Å². The number of carboxylic acid groups (broad SMARTS) is 1. The van der Waals surface area contributed by atoms with Crippen LogP contribution in [0.25, 0.3) is 11.4 Å². The fourth-order valence-electron chi connectivity index (χ4n) is 2.52. The predicted octanol–water partition coefficient (Wildman–Crippen LogP) is 1.60. The molecule has 0 saturated carbocycles. The van der Waals surface area contributed by atoms with Crippen LogP contribution in [0.2, 0.25) is 0 Å². The molecule has 3 aromatic rings. The molecule has 9 heteroatoms. The lowest BCUT2D eigenvalue weighted by molar-refractivity contribution is -0.754. The van der Waals surface area contributed by atoms with Crippen molar-refractivity contribution >= 4 is 12.1 Å². The molecule has 2 aromatic heterocycles. The quantitative estimate of drug-likeness (QED) is 0.557. The number of nitrogens with one attached hydrogen (secondary N) is 1. The molecule has 29 heavy (non-hydrogen) atoms. The van der Waals surface area contributed by atoms with Gasteiger partial charge >= 0.3 is 12.1 Å². The number of rotatable bonds is 8. The predicted molar refractivity (Wildman–Crippen MR) is 101 cm³/mol. The van der Waals surface area contributed by atoms with Crippen LogP contribution in [-0.4, -0.2) is 38.3 Å². The Morgan fingerprint density at radius 2 is 1.86 bits per heavy atom. The van der Waals surface area contributed by atoms with Gasteiger partial charge in [-0.1, -0.05) is 35.0 Å². The molecule has 0 saturated heterocycles. The maximum Gasteiger partial charge on any atom is 0.408 e. The van der Waals surface area contributed by atoms with Crippen molar-refractivity contribution in [1.82, 2.24) is 20.4 Å². The average Bonchev–Trinajstić information content (AvgIpc) is 2.76. The minimum atomic E-state index is -1.14. The van der Waals surface area contributed by atoms with Crippen molar-refractivity contribution in [1.29, 1.82) is 0 Å². The summed E-state index contributed by atoms with van der Waals surface area (Å²) in [6.07, 6.45) is 5.96. The lowest BCUT2D eigenvalue weighted by Crippen LogP contribution is -2.46. The number of aryl methyl sites for hydroxylation is 1. The minimum absolute atomic E-state index is 0.0678. The van der Waals surface area contributed by atoms with Gasteiger partial charge < -0.3 is 15.2 Å². The van der Waals surface area contributed by atoms with Gasteiger partial charge in [-0.2, -0.15) is 0 Å². The minimum Gasteiger partial charge on any atom is -0.480 e. The molecule has 3 rings (SSSR count). The van der Waals surface area contributed by atoms with Crippen molar-refractivity contribution in [3.8, 4) is 11.4 Å². The van der Waals surface area contributed by atoms with E-state index in [-0.39, 0.29) is 13.0 Å². The number of hydrogen-bond acceptors (Lipinski definition) is 6. The van der Waals surface area contributed by atoms with Gasteiger partial charge in [-0.05, 0) is 16.7 Å². The number of carbonyl (C=O) groups excluding carboxylic acids is 1. The first kappa shape index (κ1) is 19.9. The van der Waals surface area contributed by atoms with Crippen LogP contribution in [0.1, 0.15) is 12.0 Å². The summed E-state index contributed by atoms with van der Waals surface area (Å²) in [5.41, 5.74) is 1.57. The van der Waals surface area contributed by atoms with Gasteiger partial charge in [0.25, 0.3) is 0 Å². The van der Waals surface area contributed by atoms with Crippen LogP contribution >= 0.6 is 0 Å². The molecule has 148 valence electrons. The first-order valence-electron chi connectivity index (χ1n) is 8.95. The molecule has 1 aromatic carbocycles. The Bertz CT molecular complexity index is 936. The second-order valence-corrected chi connectivity index (χ2v) is 6.14. The summed E-state index contributed by atoms with van der Waals surface area (Å²) in [5.74, 6) is -0.588. The van der Waals surface area contributed by atoms with Gasteiger partial charge in [0.15, 0.2) is 18.6 Å². The Morgan fingerprint density at radius 1 is 1.10 bits per heavy atom. The van der Waals surface area contributed by atoms with Crippen LogP contribution in [0.3, 0.4) is 0 Å².